The van der Waals surface area contributed by atoms with Gasteiger partial charge in [-0.2, -0.15) is 0 Å². The summed E-state index contributed by atoms with van der Waals surface area (Å²) in [4.78, 5) is 10.3. The van der Waals surface area contributed by atoms with Crippen LogP contribution in [-0.2, 0) is 4.79 Å². The van der Waals surface area contributed by atoms with Crippen LogP contribution in [0.5, 0.6) is 0 Å². The van der Waals surface area contributed by atoms with E-state index in [1.807, 2.05) is 0 Å². The molecule has 0 aromatic heterocycles. The zero-order valence-corrected chi connectivity index (χ0v) is 6.82. The highest BCUT2D eigenvalue weighted by Crippen LogP contribution is 2.09. The molecule has 0 aromatic rings. The van der Waals surface area contributed by atoms with Crippen LogP contribution < -0.4 is 5.73 Å². The van der Waals surface area contributed by atoms with Crippen molar-refractivity contribution in [2.45, 2.75) is 32.4 Å². The topological polar surface area (TPSA) is 83.5 Å². The van der Waals surface area contributed by atoms with Crippen LogP contribution in [-0.4, -0.2) is 28.3 Å². The number of nitrogens with two attached hydrogens (primary N) is 1. The lowest BCUT2D eigenvalue weighted by molar-refractivity contribution is -0.140. The first-order valence-electron chi connectivity index (χ1n) is 3.67. The Bertz CT molecular complexity index is 138. The molecule has 0 saturated heterocycles. The molecule has 0 heterocycles. The van der Waals surface area contributed by atoms with Gasteiger partial charge in [0.05, 0.1) is 6.10 Å². The molecule has 0 amide bonds. The van der Waals surface area contributed by atoms with Crippen molar-refractivity contribution < 1.29 is 15.0 Å². The van der Waals surface area contributed by atoms with E-state index in [1.54, 1.807) is 13.8 Å². The summed E-state index contributed by atoms with van der Waals surface area (Å²) in [5.74, 6) is -1.46. The Morgan fingerprint density at radius 1 is 1.64 bits per heavy atom. The molecule has 66 valence electrons. The van der Waals surface area contributed by atoms with E-state index in [-0.39, 0.29) is 0 Å². The Labute approximate surface area is 66.0 Å². The first-order valence-corrected chi connectivity index (χ1v) is 3.67. The van der Waals surface area contributed by atoms with Crippen molar-refractivity contribution in [2.24, 2.45) is 11.7 Å². The van der Waals surface area contributed by atoms with Crippen LogP contribution in [0.3, 0.4) is 0 Å². The van der Waals surface area contributed by atoms with E-state index in [2.05, 4.69) is 0 Å². The van der Waals surface area contributed by atoms with Gasteiger partial charge >= 0.3 is 5.97 Å². The minimum absolute atomic E-state index is 0.391. The van der Waals surface area contributed by atoms with Gasteiger partial charge < -0.3 is 15.9 Å². The number of aliphatic carboxylic acids is 1. The number of hydrogen-bond donors (Lipinski definition) is 3. The van der Waals surface area contributed by atoms with E-state index in [0.717, 1.165) is 0 Å². The summed E-state index contributed by atoms with van der Waals surface area (Å²) in [6.45, 7) is 3.42. The molecule has 0 saturated carbocycles. The minimum Gasteiger partial charge on any atom is -0.480 e. The number of carboxylic acids is 1. The number of hydrogen-bond acceptors (Lipinski definition) is 3. The van der Waals surface area contributed by atoms with E-state index in [4.69, 9.17) is 10.8 Å². The van der Waals surface area contributed by atoms with E-state index < -0.39 is 24.0 Å². The molecule has 0 aliphatic carbocycles. The Morgan fingerprint density at radius 2 is 2.09 bits per heavy atom. The second-order valence-electron chi connectivity index (χ2n) is 2.70. The predicted octanol–water partition coefficient (Wildman–Crippen LogP) is -0.195. The lowest BCUT2D eigenvalue weighted by Crippen LogP contribution is -2.41. The third-order valence-electron chi connectivity index (χ3n) is 1.88. The SMILES string of the molecule is CCC(O)C(C)C(N)C(=O)O. The van der Waals surface area contributed by atoms with Gasteiger partial charge in [-0.3, -0.25) is 4.79 Å². The fourth-order valence-corrected chi connectivity index (χ4v) is 0.836. The highest BCUT2D eigenvalue weighted by molar-refractivity contribution is 5.73. The molecule has 4 heteroatoms. The monoisotopic (exact) mass is 161 g/mol. The van der Waals surface area contributed by atoms with Crippen molar-refractivity contribution in [3.05, 3.63) is 0 Å². The fourth-order valence-electron chi connectivity index (χ4n) is 0.836. The van der Waals surface area contributed by atoms with Gasteiger partial charge in [0.15, 0.2) is 0 Å². The Kier molecular flexibility index (Phi) is 4.07. The molecule has 11 heavy (non-hydrogen) atoms. The maximum Gasteiger partial charge on any atom is 0.320 e. The van der Waals surface area contributed by atoms with Crippen LogP contribution in [0.2, 0.25) is 0 Å². The molecule has 0 aromatic carbocycles. The summed E-state index contributed by atoms with van der Waals surface area (Å²) >= 11 is 0. The summed E-state index contributed by atoms with van der Waals surface area (Å²) < 4.78 is 0. The third kappa shape index (κ3) is 2.86. The van der Waals surface area contributed by atoms with Crippen LogP contribution in [0.25, 0.3) is 0 Å². The number of aliphatic hydroxyl groups excluding tert-OH is 1. The predicted molar refractivity (Wildman–Crippen MR) is 41.1 cm³/mol. The molecule has 0 spiro atoms. The van der Waals surface area contributed by atoms with Gasteiger partial charge in [0.25, 0.3) is 0 Å². The summed E-state index contributed by atoms with van der Waals surface area (Å²) in [6, 6.07) is -0.968. The summed E-state index contributed by atoms with van der Waals surface area (Å²) in [7, 11) is 0. The van der Waals surface area contributed by atoms with Crippen LogP contribution in [0.1, 0.15) is 20.3 Å². The van der Waals surface area contributed by atoms with Gasteiger partial charge in [-0.1, -0.05) is 13.8 Å². The van der Waals surface area contributed by atoms with Crippen molar-refractivity contribution in [2.75, 3.05) is 0 Å². The zero-order valence-electron chi connectivity index (χ0n) is 6.82. The molecular formula is C7H15NO3. The summed E-state index contributed by atoms with van der Waals surface area (Å²) in [6.07, 6.45) is -0.0941. The van der Waals surface area contributed by atoms with Crippen LogP contribution >= 0.6 is 0 Å². The number of aliphatic hydroxyl groups is 1. The maximum absolute atomic E-state index is 10.3. The molecule has 0 fully saturated rings. The van der Waals surface area contributed by atoms with E-state index in [9.17, 15) is 9.90 Å². The number of carbonyl (C=O) groups is 1. The quantitative estimate of drug-likeness (QED) is 0.533. The normalized spacial score (nSPS) is 18.9. The molecular weight excluding hydrogens is 146 g/mol. The lowest BCUT2D eigenvalue weighted by Gasteiger charge is -2.20. The third-order valence-corrected chi connectivity index (χ3v) is 1.88. The second kappa shape index (κ2) is 4.31. The smallest absolute Gasteiger partial charge is 0.320 e. The maximum atomic E-state index is 10.3. The van der Waals surface area contributed by atoms with Crippen molar-refractivity contribution in [1.29, 1.82) is 0 Å². The van der Waals surface area contributed by atoms with Gasteiger partial charge in [-0.05, 0) is 6.42 Å². The molecule has 0 rings (SSSR count). The number of carboxylic acid groups (broad SMARTS) is 1. The average Bonchev–Trinajstić information content (AvgIpc) is 2.00. The van der Waals surface area contributed by atoms with E-state index in [0.29, 0.717) is 6.42 Å². The highest BCUT2D eigenvalue weighted by Gasteiger charge is 2.24. The minimum atomic E-state index is -1.06. The van der Waals surface area contributed by atoms with Crippen molar-refractivity contribution in [1.82, 2.24) is 0 Å². The molecule has 0 aliphatic heterocycles. The zero-order chi connectivity index (χ0) is 9.02. The van der Waals surface area contributed by atoms with Crippen LogP contribution in [0.4, 0.5) is 0 Å². The Hall–Kier alpha value is -0.610. The van der Waals surface area contributed by atoms with E-state index in [1.165, 1.54) is 0 Å². The molecule has 3 atom stereocenters. The highest BCUT2D eigenvalue weighted by atomic mass is 16.4. The van der Waals surface area contributed by atoms with Gasteiger partial charge in [0, 0.05) is 5.92 Å². The van der Waals surface area contributed by atoms with Crippen LogP contribution in [0.15, 0.2) is 0 Å². The standard InChI is InChI=1S/C7H15NO3/c1-3-5(9)4(2)6(8)7(10)11/h4-6,9H,3,8H2,1-2H3,(H,10,11). The van der Waals surface area contributed by atoms with Crippen molar-refractivity contribution in [3.63, 3.8) is 0 Å². The molecule has 0 aliphatic rings. The average molecular weight is 161 g/mol. The van der Waals surface area contributed by atoms with Gasteiger partial charge in [-0.15, -0.1) is 0 Å². The van der Waals surface area contributed by atoms with Crippen molar-refractivity contribution >= 4 is 5.97 Å². The first kappa shape index (κ1) is 10.4. The Morgan fingerprint density at radius 3 is 2.36 bits per heavy atom. The largest absolute Gasteiger partial charge is 0.480 e. The van der Waals surface area contributed by atoms with Crippen LogP contribution in [0, 0.1) is 5.92 Å². The lowest BCUT2D eigenvalue weighted by atomic mass is 9.95. The number of rotatable bonds is 4. The molecule has 3 unspecified atom stereocenters. The molecule has 0 radical (unpaired) electrons. The molecule has 4 nitrogen and oxygen atoms in total. The van der Waals surface area contributed by atoms with Gasteiger partial charge in [-0.25, -0.2) is 0 Å². The summed E-state index contributed by atoms with van der Waals surface area (Å²) in [5.41, 5.74) is 5.28. The first-order chi connectivity index (χ1) is 5.00. The second-order valence-corrected chi connectivity index (χ2v) is 2.70. The fraction of sp³-hybridized carbons (Fsp3) is 0.857. The molecule has 4 N–H and O–H groups in total. The summed E-state index contributed by atoms with van der Waals surface area (Å²) in [5, 5.41) is 17.7. The molecule has 0 bridgehead atoms. The van der Waals surface area contributed by atoms with E-state index >= 15 is 0 Å². The Balaban J connectivity index is 4.00. The van der Waals surface area contributed by atoms with Crippen molar-refractivity contribution in [3.8, 4) is 0 Å². The van der Waals surface area contributed by atoms with Gasteiger partial charge in [0.1, 0.15) is 6.04 Å². The van der Waals surface area contributed by atoms with Gasteiger partial charge in [0.2, 0.25) is 0 Å².